The molecule has 0 saturated carbocycles. The predicted molar refractivity (Wildman–Crippen MR) is 90.1 cm³/mol. The maximum Gasteiger partial charge on any atom is 0.325 e. The second kappa shape index (κ2) is 9.02. The summed E-state index contributed by atoms with van der Waals surface area (Å²) in [5, 5.41) is 13.8. The van der Waals surface area contributed by atoms with Gasteiger partial charge in [0.15, 0.2) is 0 Å². The van der Waals surface area contributed by atoms with Gasteiger partial charge in [0.1, 0.15) is 12.1 Å². The molecule has 1 aromatic rings. The van der Waals surface area contributed by atoms with Gasteiger partial charge in [-0.25, -0.2) is 0 Å². The molecule has 132 valence electrons. The molecular weight excluding hydrogens is 310 g/mol. The number of amides is 2. The second-order valence-corrected chi connectivity index (χ2v) is 6.10. The van der Waals surface area contributed by atoms with E-state index in [4.69, 9.17) is 10.8 Å². The summed E-state index contributed by atoms with van der Waals surface area (Å²) >= 11 is 0. The lowest BCUT2D eigenvalue weighted by molar-refractivity contribution is -0.142. The number of nitrogens with one attached hydrogen (secondary N) is 2. The van der Waals surface area contributed by atoms with E-state index >= 15 is 0 Å². The highest BCUT2D eigenvalue weighted by Gasteiger charge is 2.28. The van der Waals surface area contributed by atoms with Gasteiger partial charge in [-0.05, 0) is 24.8 Å². The number of aliphatic carboxylic acids is 1. The summed E-state index contributed by atoms with van der Waals surface area (Å²) in [5.74, 6) is -2.34. The van der Waals surface area contributed by atoms with Crippen LogP contribution in [0.3, 0.4) is 0 Å². The summed E-state index contributed by atoms with van der Waals surface area (Å²) in [6.45, 7) is 4.89. The topological polar surface area (TPSA) is 122 Å². The van der Waals surface area contributed by atoms with Gasteiger partial charge < -0.3 is 21.5 Å². The third kappa shape index (κ3) is 6.00. The number of carboxylic acids is 1. The van der Waals surface area contributed by atoms with Gasteiger partial charge in [-0.3, -0.25) is 14.4 Å². The Kier molecular flexibility index (Phi) is 7.38. The Balaban J connectivity index is 2.68. The minimum absolute atomic E-state index is 0.209. The monoisotopic (exact) mass is 335 g/mol. The maximum atomic E-state index is 12.3. The molecule has 3 atom stereocenters. The fraction of sp³-hybridized carbons (Fsp3) is 0.471. The largest absolute Gasteiger partial charge is 0.480 e. The molecule has 0 aromatic heterocycles. The van der Waals surface area contributed by atoms with Gasteiger partial charge >= 0.3 is 5.97 Å². The smallest absolute Gasteiger partial charge is 0.325 e. The molecule has 0 aliphatic heterocycles. The molecule has 0 heterocycles. The van der Waals surface area contributed by atoms with Crippen LogP contribution in [-0.4, -0.2) is 41.0 Å². The van der Waals surface area contributed by atoms with E-state index in [0.29, 0.717) is 6.42 Å². The van der Waals surface area contributed by atoms with E-state index in [1.54, 1.807) is 13.8 Å². The molecule has 0 bridgehead atoms. The van der Waals surface area contributed by atoms with E-state index in [1.807, 2.05) is 30.3 Å². The molecule has 2 amide bonds. The third-order valence-electron chi connectivity index (χ3n) is 3.61. The number of hydrogen-bond acceptors (Lipinski definition) is 4. The van der Waals surface area contributed by atoms with Crippen LogP contribution in [0.1, 0.15) is 26.3 Å². The van der Waals surface area contributed by atoms with Gasteiger partial charge in [0.25, 0.3) is 0 Å². The average molecular weight is 335 g/mol. The van der Waals surface area contributed by atoms with Crippen molar-refractivity contribution in [2.45, 2.75) is 45.3 Å². The highest BCUT2D eigenvalue weighted by atomic mass is 16.4. The lowest BCUT2D eigenvalue weighted by atomic mass is 10.0. The Morgan fingerprint density at radius 1 is 1.04 bits per heavy atom. The molecular formula is C17H25N3O4. The summed E-state index contributed by atoms with van der Waals surface area (Å²) in [4.78, 5) is 35.3. The van der Waals surface area contributed by atoms with Crippen LogP contribution in [-0.2, 0) is 20.8 Å². The first kappa shape index (κ1) is 19.6. The quantitative estimate of drug-likeness (QED) is 0.544. The van der Waals surface area contributed by atoms with Gasteiger partial charge in [-0.15, -0.1) is 0 Å². The fourth-order valence-corrected chi connectivity index (χ4v) is 2.12. The molecule has 1 aromatic carbocycles. The number of carboxylic acid groups (broad SMARTS) is 1. The van der Waals surface area contributed by atoms with Crippen LogP contribution < -0.4 is 16.4 Å². The van der Waals surface area contributed by atoms with Crippen molar-refractivity contribution in [2.24, 2.45) is 11.7 Å². The molecule has 0 saturated heterocycles. The lowest BCUT2D eigenvalue weighted by Gasteiger charge is -2.24. The van der Waals surface area contributed by atoms with Crippen LogP contribution in [0.25, 0.3) is 0 Å². The standard InChI is InChI=1S/C17H25N3O4/c1-10(2)14(16(22)19-11(3)17(23)24)20-15(21)13(18)9-12-7-5-4-6-8-12/h4-8,10-11,13-14H,9,18H2,1-3H3,(H,19,22)(H,20,21)(H,23,24)/t11-,13+,14-/m0/s1. The van der Waals surface area contributed by atoms with Gasteiger partial charge in [-0.1, -0.05) is 44.2 Å². The number of carbonyl (C=O) groups excluding carboxylic acids is 2. The molecule has 0 aliphatic carbocycles. The summed E-state index contributed by atoms with van der Waals surface area (Å²) in [6.07, 6.45) is 0.352. The zero-order valence-electron chi connectivity index (χ0n) is 14.2. The van der Waals surface area contributed by atoms with Crippen molar-refractivity contribution in [2.75, 3.05) is 0 Å². The number of rotatable bonds is 8. The Hall–Kier alpha value is -2.41. The Labute approximate surface area is 141 Å². The Morgan fingerprint density at radius 2 is 1.62 bits per heavy atom. The van der Waals surface area contributed by atoms with Gasteiger partial charge in [0, 0.05) is 0 Å². The first-order chi connectivity index (χ1) is 11.2. The van der Waals surface area contributed by atoms with E-state index in [9.17, 15) is 14.4 Å². The number of nitrogens with two attached hydrogens (primary N) is 1. The van der Waals surface area contributed by atoms with Crippen molar-refractivity contribution in [1.82, 2.24) is 10.6 Å². The van der Waals surface area contributed by atoms with E-state index in [-0.39, 0.29) is 5.92 Å². The summed E-state index contributed by atoms with van der Waals surface area (Å²) in [5.41, 5.74) is 6.83. The van der Waals surface area contributed by atoms with Crippen molar-refractivity contribution in [1.29, 1.82) is 0 Å². The van der Waals surface area contributed by atoms with Crippen molar-refractivity contribution in [3.63, 3.8) is 0 Å². The molecule has 5 N–H and O–H groups in total. The first-order valence-electron chi connectivity index (χ1n) is 7.85. The normalized spacial score (nSPS) is 14.5. The van der Waals surface area contributed by atoms with Gasteiger partial charge in [0.05, 0.1) is 6.04 Å². The molecule has 0 unspecified atom stereocenters. The molecule has 7 nitrogen and oxygen atoms in total. The molecule has 0 fully saturated rings. The molecule has 1 rings (SSSR count). The van der Waals surface area contributed by atoms with Crippen LogP contribution in [0.15, 0.2) is 30.3 Å². The third-order valence-corrected chi connectivity index (χ3v) is 3.61. The van der Waals surface area contributed by atoms with Crippen LogP contribution in [0.4, 0.5) is 0 Å². The molecule has 0 aliphatic rings. The van der Waals surface area contributed by atoms with Crippen LogP contribution in [0.2, 0.25) is 0 Å². The molecule has 7 heteroatoms. The first-order valence-corrected chi connectivity index (χ1v) is 7.85. The zero-order chi connectivity index (χ0) is 18.3. The fourth-order valence-electron chi connectivity index (χ4n) is 2.12. The van der Waals surface area contributed by atoms with Crippen molar-refractivity contribution < 1.29 is 19.5 Å². The van der Waals surface area contributed by atoms with Crippen LogP contribution >= 0.6 is 0 Å². The van der Waals surface area contributed by atoms with Crippen LogP contribution in [0, 0.1) is 5.92 Å². The van der Waals surface area contributed by atoms with Crippen molar-refractivity contribution in [3.05, 3.63) is 35.9 Å². The average Bonchev–Trinajstić information content (AvgIpc) is 2.52. The van der Waals surface area contributed by atoms with E-state index in [1.165, 1.54) is 6.92 Å². The number of benzene rings is 1. The van der Waals surface area contributed by atoms with E-state index in [0.717, 1.165) is 5.56 Å². The van der Waals surface area contributed by atoms with Gasteiger partial charge in [-0.2, -0.15) is 0 Å². The van der Waals surface area contributed by atoms with Crippen molar-refractivity contribution in [3.8, 4) is 0 Å². The van der Waals surface area contributed by atoms with E-state index < -0.39 is 35.9 Å². The minimum Gasteiger partial charge on any atom is -0.480 e. The summed E-state index contributed by atoms with van der Waals surface area (Å²) in [7, 11) is 0. The number of carbonyl (C=O) groups is 3. The minimum atomic E-state index is -1.14. The highest BCUT2D eigenvalue weighted by Crippen LogP contribution is 2.06. The molecule has 24 heavy (non-hydrogen) atoms. The van der Waals surface area contributed by atoms with Crippen molar-refractivity contribution >= 4 is 17.8 Å². The predicted octanol–water partition coefficient (Wildman–Crippen LogP) is 0.287. The zero-order valence-corrected chi connectivity index (χ0v) is 14.2. The SMILES string of the molecule is CC(C)[C@H](NC(=O)[C@H](N)Cc1ccccc1)C(=O)N[C@@H](C)C(=O)O. The second-order valence-electron chi connectivity index (χ2n) is 6.10. The van der Waals surface area contributed by atoms with Crippen LogP contribution in [0.5, 0.6) is 0 Å². The highest BCUT2D eigenvalue weighted by molar-refractivity contribution is 5.91. The van der Waals surface area contributed by atoms with Gasteiger partial charge in [0.2, 0.25) is 11.8 Å². The Bertz CT molecular complexity index is 574. The summed E-state index contributed by atoms with van der Waals surface area (Å²) < 4.78 is 0. The molecule has 0 radical (unpaired) electrons. The number of hydrogen-bond donors (Lipinski definition) is 4. The maximum absolute atomic E-state index is 12.3. The molecule has 0 spiro atoms. The van der Waals surface area contributed by atoms with E-state index in [2.05, 4.69) is 10.6 Å². The lowest BCUT2D eigenvalue weighted by Crippen LogP contribution is -2.56. The summed E-state index contributed by atoms with van der Waals surface area (Å²) in [6, 6.07) is 6.66. The Morgan fingerprint density at radius 3 is 2.12 bits per heavy atom.